The number of hydrogen-bond donors (Lipinski definition) is 1. The van der Waals surface area contributed by atoms with Crippen LogP contribution in [0.25, 0.3) is 0 Å². The molecule has 1 atom stereocenters. The highest BCUT2D eigenvalue weighted by Gasteiger charge is 2.27. The lowest BCUT2D eigenvalue weighted by Crippen LogP contribution is -2.47. The molecular weight excluding hydrogens is 467 g/mol. The monoisotopic (exact) mass is 502 g/mol. The predicted octanol–water partition coefficient (Wildman–Crippen LogP) is 4.78. The third-order valence-electron chi connectivity index (χ3n) is 7.04. The third kappa shape index (κ3) is 6.61. The van der Waals surface area contributed by atoms with Crippen molar-refractivity contribution in [2.75, 3.05) is 44.6 Å². The summed E-state index contributed by atoms with van der Waals surface area (Å²) in [5.74, 6) is -0.174. The van der Waals surface area contributed by atoms with Gasteiger partial charge in [0.05, 0.1) is 6.04 Å². The van der Waals surface area contributed by atoms with E-state index in [1.807, 2.05) is 73.3 Å². The Hall–Kier alpha value is -3.55. The van der Waals surface area contributed by atoms with Crippen molar-refractivity contribution in [2.45, 2.75) is 26.4 Å². The van der Waals surface area contributed by atoms with Gasteiger partial charge in [0.15, 0.2) is 0 Å². The van der Waals surface area contributed by atoms with Gasteiger partial charge in [-0.3, -0.25) is 19.4 Å². The summed E-state index contributed by atoms with van der Waals surface area (Å²) in [4.78, 5) is 30.5. The lowest BCUT2D eigenvalue weighted by molar-refractivity contribution is -0.105. The van der Waals surface area contributed by atoms with Crippen molar-refractivity contribution in [3.63, 3.8) is 0 Å². The molecule has 1 fully saturated rings. The van der Waals surface area contributed by atoms with Crippen LogP contribution in [0, 0.1) is 5.82 Å². The molecule has 0 radical (unpaired) electrons. The molecule has 0 aliphatic carbocycles. The van der Waals surface area contributed by atoms with Crippen LogP contribution < -0.4 is 5.32 Å². The molecule has 1 N–H and O–H groups in total. The SMILES string of the molecule is CCN(CC)C(=O)c1ccc(C(c2cccc(NC=O)c2)N2CCN(Cc3ccc(F)cc3)CC2)cc1. The number of carbonyl (C=O) groups excluding carboxylic acids is 2. The van der Waals surface area contributed by atoms with Crippen LogP contribution in [0.3, 0.4) is 0 Å². The van der Waals surface area contributed by atoms with E-state index in [0.29, 0.717) is 25.1 Å². The summed E-state index contributed by atoms with van der Waals surface area (Å²) in [6, 6.07) is 22.6. The lowest BCUT2D eigenvalue weighted by atomic mass is 9.94. The standard InChI is InChI=1S/C30H35FN4O2/c1-3-34(4-2)30(37)25-12-10-24(11-13-25)29(26-6-5-7-28(20-26)32-22-36)35-18-16-33(17-19-35)21-23-8-14-27(31)15-9-23/h5-15,20,22,29H,3-4,16-19,21H2,1-2H3,(H,32,36). The number of amides is 2. The van der Waals surface area contributed by atoms with E-state index < -0.39 is 0 Å². The van der Waals surface area contributed by atoms with E-state index in [-0.39, 0.29) is 17.8 Å². The number of nitrogens with one attached hydrogen (secondary N) is 1. The number of hydrogen-bond acceptors (Lipinski definition) is 4. The quantitative estimate of drug-likeness (QED) is 0.406. The Morgan fingerprint density at radius 2 is 1.62 bits per heavy atom. The number of nitrogens with zero attached hydrogens (tertiary/aromatic N) is 3. The van der Waals surface area contributed by atoms with Crippen molar-refractivity contribution in [3.8, 4) is 0 Å². The Kier molecular flexibility index (Phi) is 9.04. The minimum atomic E-state index is -0.215. The summed E-state index contributed by atoms with van der Waals surface area (Å²) < 4.78 is 13.3. The largest absolute Gasteiger partial charge is 0.339 e. The smallest absolute Gasteiger partial charge is 0.253 e. The summed E-state index contributed by atoms with van der Waals surface area (Å²) in [6.45, 7) is 9.62. The first-order valence-electron chi connectivity index (χ1n) is 12.9. The summed E-state index contributed by atoms with van der Waals surface area (Å²) in [5, 5.41) is 2.76. The second-order valence-corrected chi connectivity index (χ2v) is 9.33. The van der Waals surface area contributed by atoms with Gasteiger partial charge in [-0.1, -0.05) is 36.4 Å². The second kappa shape index (κ2) is 12.6. The van der Waals surface area contributed by atoms with Crippen LogP contribution in [-0.2, 0) is 11.3 Å². The van der Waals surface area contributed by atoms with Gasteiger partial charge in [-0.05, 0) is 66.9 Å². The molecule has 0 aromatic heterocycles. The average molecular weight is 503 g/mol. The molecule has 6 nitrogen and oxygen atoms in total. The van der Waals surface area contributed by atoms with Crippen LogP contribution in [0.15, 0.2) is 72.8 Å². The maximum atomic E-state index is 13.3. The van der Waals surface area contributed by atoms with E-state index in [0.717, 1.165) is 55.1 Å². The summed E-state index contributed by atoms with van der Waals surface area (Å²) in [5.41, 5.74) is 4.73. The number of anilines is 1. The van der Waals surface area contributed by atoms with Crippen molar-refractivity contribution < 1.29 is 14.0 Å². The van der Waals surface area contributed by atoms with Gasteiger partial charge in [0.25, 0.3) is 5.91 Å². The second-order valence-electron chi connectivity index (χ2n) is 9.33. The Labute approximate surface area is 218 Å². The molecule has 0 saturated carbocycles. The molecule has 3 aromatic carbocycles. The summed E-state index contributed by atoms with van der Waals surface area (Å²) >= 11 is 0. The maximum Gasteiger partial charge on any atom is 0.253 e. The van der Waals surface area contributed by atoms with E-state index in [1.165, 1.54) is 12.1 Å². The highest BCUT2D eigenvalue weighted by atomic mass is 19.1. The van der Waals surface area contributed by atoms with Gasteiger partial charge in [-0.15, -0.1) is 0 Å². The zero-order valence-electron chi connectivity index (χ0n) is 21.6. The Balaban J connectivity index is 1.55. The van der Waals surface area contributed by atoms with Crippen LogP contribution >= 0.6 is 0 Å². The normalized spacial score (nSPS) is 15.2. The molecule has 0 bridgehead atoms. The van der Waals surface area contributed by atoms with Crippen molar-refractivity contribution in [3.05, 3.63) is 101 Å². The van der Waals surface area contributed by atoms with E-state index >= 15 is 0 Å². The lowest BCUT2D eigenvalue weighted by Gasteiger charge is -2.40. The maximum absolute atomic E-state index is 13.3. The van der Waals surface area contributed by atoms with E-state index in [1.54, 1.807) is 0 Å². The van der Waals surface area contributed by atoms with Crippen LogP contribution in [-0.4, -0.2) is 66.3 Å². The minimum Gasteiger partial charge on any atom is -0.339 e. The van der Waals surface area contributed by atoms with Gasteiger partial charge in [-0.25, -0.2) is 4.39 Å². The number of carbonyl (C=O) groups is 2. The van der Waals surface area contributed by atoms with Gasteiger partial charge in [0.1, 0.15) is 5.82 Å². The zero-order valence-corrected chi connectivity index (χ0v) is 21.6. The summed E-state index contributed by atoms with van der Waals surface area (Å²) in [6.07, 6.45) is 0.690. The molecule has 3 aromatic rings. The fourth-order valence-corrected chi connectivity index (χ4v) is 5.01. The topological polar surface area (TPSA) is 55.9 Å². The van der Waals surface area contributed by atoms with E-state index in [2.05, 4.69) is 21.2 Å². The molecular formula is C30H35FN4O2. The molecule has 37 heavy (non-hydrogen) atoms. The first kappa shape index (κ1) is 26.5. The first-order chi connectivity index (χ1) is 18.0. The Bertz CT molecular complexity index is 1170. The molecule has 0 spiro atoms. The molecule has 1 unspecified atom stereocenters. The molecule has 1 aliphatic rings. The first-order valence-corrected chi connectivity index (χ1v) is 12.9. The fourth-order valence-electron chi connectivity index (χ4n) is 5.01. The van der Waals surface area contributed by atoms with E-state index in [9.17, 15) is 14.0 Å². The number of rotatable bonds is 10. The molecule has 1 saturated heterocycles. The molecule has 1 heterocycles. The Morgan fingerprint density at radius 1 is 0.946 bits per heavy atom. The number of piperazine rings is 1. The molecule has 4 rings (SSSR count). The van der Waals surface area contributed by atoms with E-state index in [4.69, 9.17) is 0 Å². The molecule has 2 amide bonds. The number of halogens is 1. The molecule has 7 heteroatoms. The third-order valence-corrected chi connectivity index (χ3v) is 7.04. The van der Waals surface area contributed by atoms with Crippen molar-refractivity contribution >= 4 is 18.0 Å². The van der Waals surface area contributed by atoms with Gasteiger partial charge < -0.3 is 10.2 Å². The van der Waals surface area contributed by atoms with Crippen LogP contribution in [0.5, 0.6) is 0 Å². The van der Waals surface area contributed by atoms with Crippen LogP contribution in [0.4, 0.5) is 10.1 Å². The van der Waals surface area contributed by atoms with Crippen LogP contribution in [0.2, 0.25) is 0 Å². The summed E-state index contributed by atoms with van der Waals surface area (Å²) in [7, 11) is 0. The Morgan fingerprint density at radius 3 is 2.24 bits per heavy atom. The van der Waals surface area contributed by atoms with Gasteiger partial charge >= 0.3 is 0 Å². The number of benzene rings is 3. The highest BCUT2D eigenvalue weighted by molar-refractivity contribution is 5.94. The molecule has 194 valence electrons. The van der Waals surface area contributed by atoms with Gasteiger partial charge in [-0.2, -0.15) is 0 Å². The predicted molar refractivity (Wildman–Crippen MR) is 145 cm³/mol. The van der Waals surface area contributed by atoms with Crippen molar-refractivity contribution in [1.82, 2.24) is 14.7 Å². The van der Waals surface area contributed by atoms with Crippen LogP contribution in [0.1, 0.15) is 46.9 Å². The zero-order chi connectivity index (χ0) is 26.2. The minimum absolute atomic E-state index is 0.0148. The average Bonchev–Trinajstić information content (AvgIpc) is 2.92. The fraction of sp³-hybridized carbons (Fsp3) is 0.333. The van der Waals surface area contributed by atoms with Gasteiger partial charge in [0, 0.05) is 57.1 Å². The van der Waals surface area contributed by atoms with Gasteiger partial charge in [0.2, 0.25) is 6.41 Å². The molecule has 1 aliphatic heterocycles. The highest BCUT2D eigenvalue weighted by Crippen LogP contribution is 2.31. The van der Waals surface area contributed by atoms with Crippen molar-refractivity contribution in [2.24, 2.45) is 0 Å². The van der Waals surface area contributed by atoms with Crippen molar-refractivity contribution in [1.29, 1.82) is 0 Å².